The van der Waals surface area contributed by atoms with Crippen LogP contribution in [-0.2, 0) is 25.0 Å². The number of ether oxygens (including phenoxy) is 1. The molecule has 6 rings (SSSR count). The minimum atomic E-state index is -5.48. The molecular weight excluding hydrogens is 849 g/mol. The van der Waals surface area contributed by atoms with E-state index in [9.17, 15) is 40.6 Å². The number of carbonyl (C=O) groups is 2. The second kappa shape index (κ2) is 14.4. The number of halogens is 3. The van der Waals surface area contributed by atoms with Gasteiger partial charge in [0.1, 0.15) is 15.0 Å². The molecule has 1 amide bonds. The van der Waals surface area contributed by atoms with Crippen molar-refractivity contribution in [3.05, 3.63) is 65.6 Å². The number of benzene rings is 3. The number of terminal acetylenes is 1. The van der Waals surface area contributed by atoms with Crippen LogP contribution in [0.3, 0.4) is 0 Å². The third-order valence-electron chi connectivity index (χ3n) is 9.88. The lowest BCUT2D eigenvalue weighted by molar-refractivity contribution is -0.590. The number of carboxylic acids is 1. The fourth-order valence-corrected chi connectivity index (χ4v) is 11.6. The van der Waals surface area contributed by atoms with Crippen LogP contribution >= 0.6 is 46.6 Å². The number of aromatic carboxylic acids is 1. The molecule has 2 atom stereocenters. The van der Waals surface area contributed by atoms with E-state index in [0.717, 1.165) is 11.8 Å². The van der Waals surface area contributed by atoms with E-state index < -0.39 is 75.1 Å². The Labute approximate surface area is 342 Å². The third kappa shape index (κ3) is 7.37. The molecule has 0 aromatic heterocycles. The molecule has 5 N–H and O–H groups in total. The fourth-order valence-electron chi connectivity index (χ4n) is 8.00. The zero-order valence-corrected chi connectivity index (χ0v) is 35.5. The van der Waals surface area contributed by atoms with Crippen molar-refractivity contribution >= 4 is 89.9 Å². The number of rotatable bonds is 8. The van der Waals surface area contributed by atoms with E-state index in [1.165, 1.54) is 6.07 Å². The van der Waals surface area contributed by atoms with Crippen molar-refractivity contribution in [2.75, 3.05) is 17.6 Å². The van der Waals surface area contributed by atoms with E-state index in [0.29, 0.717) is 24.0 Å². The number of thioether (sulfide) groups is 1. The average molecular weight is 885 g/mol. The predicted octanol–water partition coefficient (Wildman–Crippen LogP) is 4.37. The Morgan fingerprint density at radius 1 is 1.04 bits per heavy atom. The Kier molecular flexibility index (Phi) is 10.8. The van der Waals surface area contributed by atoms with E-state index in [1.54, 1.807) is 19.9 Å². The highest BCUT2D eigenvalue weighted by Gasteiger charge is 2.43. The van der Waals surface area contributed by atoms with Gasteiger partial charge in [0.25, 0.3) is 0 Å². The molecule has 0 bridgehead atoms. The molecule has 13 nitrogen and oxygen atoms in total. The summed E-state index contributed by atoms with van der Waals surface area (Å²) in [7, 11) is -10.7. The maximum atomic E-state index is 13.5. The monoisotopic (exact) mass is 883 g/mol. The largest absolute Gasteiger partial charge is 0.744 e. The number of anilines is 1. The van der Waals surface area contributed by atoms with E-state index in [4.69, 9.17) is 46.0 Å². The fraction of sp³-hybridized carbons (Fsp3) is 0.378. The van der Waals surface area contributed by atoms with Crippen LogP contribution in [0.25, 0.3) is 5.57 Å². The minimum absolute atomic E-state index is 0.0388. The quantitative estimate of drug-likeness (QED) is 0.0723. The van der Waals surface area contributed by atoms with Crippen molar-refractivity contribution in [3.8, 4) is 23.8 Å². The van der Waals surface area contributed by atoms with Crippen LogP contribution in [0.2, 0.25) is 15.1 Å². The van der Waals surface area contributed by atoms with Gasteiger partial charge in [-0.25, -0.2) is 18.2 Å². The first-order valence-corrected chi connectivity index (χ1v) is 22.0. The summed E-state index contributed by atoms with van der Waals surface area (Å²) >= 11 is 21.3. The van der Waals surface area contributed by atoms with Gasteiger partial charge < -0.3 is 25.0 Å². The third-order valence-corrected chi connectivity index (χ3v) is 14.2. The molecular formula is C37H36Cl3N3O10S3. The van der Waals surface area contributed by atoms with Gasteiger partial charge in [0.2, 0.25) is 16.2 Å². The van der Waals surface area contributed by atoms with Crippen LogP contribution in [0.4, 0.5) is 5.69 Å². The zero-order chi connectivity index (χ0) is 41.6. The normalized spacial score (nSPS) is 19.1. The highest BCUT2D eigenvalue weighted by Crippen LogP contribution is 2.54. The molecule has 0 saturated heterocycles. The molecule has 0 spiro atoms. The van der Waals surface area contributed by atoms with Gasteiger partial charge >= 0.3 is 16.1 Å². The van der Waals surface area contributed by atoms with Gasteiger partial charge in [0.05, 0.1) is 38.6 Å². The molecule has 3 aliphatic heterocycles. The number of carbonyl (C=O) groups excluding carboxylic acids is 1. The summed E-state index contributed by atoms with van der Waals surface area (Å²) in [5.74, 6) is -2.18. The standard InChI is InChI=1S/C37H36Cl3N3O10S3/c1-8-9-41-21(44)14-54-32-26(39)23(24(35(45)46)25(38)27(32)40)22-19-10-17-15(2)12-36(4,5)42-28(17)33(55(47,48)49)30(19)53-31-20(22)11-18-16(3)13-37(6,7)43-29(18)34(31)56(50,51)52/h1,10-11,15-16,42H,9,12-14H2,2-7H3,(H,41,44)(H,45,46)(H,47,48,49)(H,50,51,52). The van der Waals surface area contributed by atoms with Crippen molar-refractivity contribution in [2.24, 2.45) is 0 Å². The van der Waals surface area contributed by atoms with Gasteiger partial charge in [-0.3, -0.25) is 9.35 Å². The van der Waals surface area contributed by atoms with Crippen LogP contribution in [0, 0.1) is 12.3 Å². The van der Waals surface area contributed by atoms with Crippen molar-refractivity contribution in [1.29, 1.82) is 0 Å². The molecule has 56 heavy (non-hydrogen) atoms. The van der Waals surface area contributed by atoms with Crippen molar-refractivity contribution in [3.63, 3.8) is 0 Å². The average Bonchev–Trinajstić information content (AvgIpc) is 3.04. The highest BCUT2D eigenvalue weighted by atomic mass is 35.5. The number of fused-ring (bicyclic) bond motifs is 4. The van der Waals surface area contributed by atoms with Crippen LogP contribution in [0.1, 0.15) is 98.8 Å². The summed E-state index contributed by atoms with van der Waals surface area (Å²) in [6.45, 7) is 10.8. The molecule has 298 valence electrons. The zero-order valence-electron chi connectivity index (χ0n) is 30.7. The Morgan fingerprint density at radius 3 is 2.27 bits per heavy atom. The van der Waals surface area contributed by atoms with Crippen LogP contribution in [-0.4, -0.2) is 66.3 Å². The number of carboxylic acid groups (broad SMARTS) is 1. The molecule has 0 saturated carbocycles. The van der Waals surface area contributed by atoms with Gasteiger partial charge in [-0.1, -0.05) is 54.6 Å². The first-order valence-electron chi connectivity index (χ1n) is 17.0. The Morgan fingerprint density at radius 2 is 1.68 bits per heavy atom. The van der Waals surface area contributed by atoms with Gasteiger partial charge in [-0.2, -0.15) is 8.42 Å². The van der Waals surface area contributed by atoms with Gasteiger partial charge in [0.15, 0.2) is 17.0 Å². The molecule has 0 radical (unpaired) electrons. The second-order valence-electron chi connectivity index (χ2n) is 15.3. The lowest BCUT2D eigenvalue weighted by Gasteiger charge is -2.40. The Balaban J connectivity index is 1.91. The van der Waals surface area contributed by atoms with Gasteiger partial charge in [0, 0.05) is 44.3 Å². The number of hydrogen-bond acceptors (Lipinski definition) is 10. The SMILES string of the molecule is C#CCNC(=O)CSc1c(Cl)c(Cl)c(C(=O)O)c(C2=c3cc4c(c(S(=O)(=O)O)c3Oc3c2cc2c(c3S(=O)(=O)[O-])NC(C)(C)CC2C)=[NH+]C(C)(C)CC4C)c1Cl. The smallest absolute Gasteiger partial charge is 0.337 e. The summed E-state index contributed by atoms with van der Waals surface area (Å²) < 4.78 is 84.6. The summed E-state index contributed by atoms with van der Waals surface area (Å²) in [5, 5.41) is 15.0. The second-order valence-corrected chi connectivity index (χ2v) is 20.1. The van der Waals surface area contributed by atoms with E-state index >= 15 is 0 Å². The molecule has 3 aromatic rings. The Hall–Kier alpha value is -3.53. The first-order chi connectivity index (χ1) is 25.8. The van der Waals surface area contributed by atoms with Crippen molar-refractivity contribution in [2.45, 2.75) is 92.0 Å². The first kappa shape index (κ1) is 42.1. The number of hydrogen-bond donors (Lipinski definition) is 5. The molecule has 3 heterocycles. The van der Waals surface area contributed by atoms with Gasteiger partial charge in [-0.05, 0) is 63.6 Å². The molecule has 0 aliphatic carbocycles. The molecule has 3 aliphatic rings. The minimum Gasteiger partial charge on any atom is -0.744 e. The molecule has 2 unspecified atom stereocenters. The maximum absolute atomic E-state index is 13.5. The summed E-state index contributed by atoms with van der Waals surface area (Å²) in [5.41, 5.74) is -2.11. The van der Waals surface area contributed by atoms with E-state index in [1.807, 2.05) is 27.7 Å². The lowest BCUT2D eigenvalue weighted by atomic mass is 9.79. The molecule has 3 aromatic carbocycles. The number of amides is 1. The van der Waals surface area contributed by atoms with Gasteiger partial charge in [-0.15, -0.1) is 18.2 Å². The van der Waals surface area contributed by atoms with E-state index in [2.05, 4.69) is 21.5 Å². The summed E-state index contributed by atoms with van der Waals surface area (Å²) in [4.78, 5) is 27.3. The summed E-state index contributed by atoms with van der Waals surface area (Å²) in [6.07, 6.45) is 6.22. The number of nitrogens with one attached hydrogen (secondary N) is 3. The highest BCUT2D eigenvalue weighted by molar-refractivity contribution is 8.00. The van der Waals surface area contributed by atoms with Crippen LogP contribution < -0.4 is 30.9 Å². The lowest BCUT2D eigenvalue weighted by Crippen LogP contribution is -2.91. The topological polar surface area (TPSA) is 213 Å². The summed E-state index contributed by atoms with van der Waals surface area (Å²) in [6, 6.07) is 3.08. The molecule has 19 heteroatoms. The molecule has 0 fully saturated rings. The maximum Gasteiger partial charge on any atom is 0.337 e. The predicted molar refractivity (Wildman–Crippen MR) is 211 cm³/mol. The van der Waals surface area contributed by atoms with Crippen molar-refractivity contribution < 1.29 is 50.4 Å². The van der Waals surface area contributed by atoms with E-state index in [-0.39, 0.29) is 72.0 Å². The Bertz CT molecular complexity index is 2690. The van der Waals surface area contributed by atoms with Crippen molar-refractivity contribution in [1.82, 2.24) is 5.32 Å². The van der Waals surface area contributed by atoms with Crippen LogP contribution in [0.15, 0.2) is 26.8 Å². The van der Waals surface area contributed by atoms with Crippen LogP contribution in [0.5, 0.6) is 11.5 Å².